The summed E-state index contributed by atoms with van der Waals surface area (Å²) in [6.45, 7) is 1.78. The molecule has 1 amide bonds. The monoisotopic (exact) mass is 378 g/mol. The third-order valence-corrected chi connectivity index (χ3v) is 5.29. The summed E-state index contributed by atoms with van der Waals surface area (Å²) in [7, 11) is 1.99. The van der Waals surface area contributed by atoms with E-state index in [2.05, 4.69) is 15.5 Å². The van der Waals surface area contributed by atoms with E-state index in [1.165, 1.54) is 11.8 Å². The van der Waals surface area contributed by atoms with Crippen LogP contribution >= 0.6 is 11.8 Å². The summed E-state index contributed by atoms with van der Waals surface area (Å²) >= 11 is 1.50. The van der Waals surface area contributed by atoms with Crippen molar-refractivity contribution in [3.63, 3.8) is 0 Å². The van der Waals surface area contributed by atoms with Crippen molar-refractivity contribution in [3.05, 3.63) is 72.0 Å². The Balaban J connectivity index is 1.56. The maximum absolute atomic E-state index is 12.9. The molecule has 4 aromatic rings. The number of rotatable bonds is 5. The molecule has 1 N–H and O–H groups in total. The van der Waals surface area contributed by atoms with Gasteiger partial charge in [0.05, 0.1) is 17.0 Å². The standard InChI is InChI=1S/C20H18N4O2S/c1-13-21-19(26-23-13)12-27-18-9-4-3-6-15(18)20(25)22-16-7-5-8-17-14(16)10-11-24(17)2/h3-11H,12H2,1-2H3,(H,22,25). The number of nitrogens with one attached hydrogen (secondary N) is 1. The van der Waals surface area contributed by atoms with Gasteiger partial charge in [-0.05, 0) is 37.3 Å². The zero-order valence-corrected chi connectivity index (χ0v) is 15.8. The van der Waals surface area contributed by atoms with Gasteiger partial charge in [-0.1, -0.05) is 23.4 Å². The molecule has 2 heterocycles. The van der Waals surface area contributed by atoms with Crippen molar-refractivity contribution in [2.45, 2.75) is 17.6 Å². The Morgan fingerprint density at radius 2 is 2.04 bits per heavy atom. The second kappa shape index (κ2) is 7.28. The fourth-order valence-electron chi connectivity index (χ4n) is 2.92. The van der Waals surface area contributed by atoms with E-state index in [-0.39, 0.29) is 5.91 Å². The number of aryl methyl sites for hydroxylation is 2. The Kier molecular flexibility index (Phi) is 4.68. The van der Waals surface area contributed by atoms with Crippen molar-refractivity contribution in [2.24, 2.45) is 7.05 Å². The van der Waals surface area contributed by atoms with Gasteiger partial charge < -0.3 is 14.4 Å². The molecular formula is C20H18N4O2S. The van der Waals surface area contributed by atoms with Crippen LogP contribution < -0.4 is 5.32 Å². The van der Waals surface area contributed by atoms with Gasteiger partial charge in [0.15, 0.2) is 5.82 Å². The number of fused-ring (bicyclic) bond motifs is 1. The second-order valence-electron chi connectivity index (χ2n) is 6.14. The first kappa shape index (κ1) is 17.4. The molecule has 4 rings (SSSR count). The van der Waals surface area contributed by atoms with Crippen molar-refractivity contribution in [3.8, 4) is 0 Å². The number of carbonyl (C=O) groups excluding carboxylic acids is 1. The number of nitrogens with zero attached hydrogens (tertiary/aromatic N) is 3. The molecule has 27 heavy (non-hydrogen) atoms. The van der Waals surface area contributed by atoms with Crippen LogP contribution in [0, 0.1) is 6.92 Å². The van der Waals surface area contributed by atoms with Crippen LogP contribution in [-0.4, -0.2) is 20.6 Å². The zero-order chi connectivity index (χ0) is 18.8. The summed E-state index contributed by atoms with van der Waals surface area (Å²) in [6, 6.07) is 15.4. The lowest BCUT2D eigenvalue weighted by atomic mass is 10.2. The molecule has 2 aromatic carbocycles. The minimum Gasteiger partial charge on any atom is -0.350 e. The summed E-state index contributed by atoms with van der Waals surface area (Å²) < 4.78 is 7.18. The zero-order valence-electron chi connectivity index (χ0n) is 15.0. The summed E-state index contributed by atoms with van der Waals surface area (Å²) in [5, 5.41) is 7.85. The molecule has 136 valence electrons. The van der Waals surface area contributed by atoms with E-state index in [4.69, 9.17) is 4.52 Å². The first-order chi connectivity index (χ1) is 13.1. The molecule has 2 aromatic heterocycles. The van der Waals surface area contributed by atoms with Crippen LogP contribution in [0.4, 0.5) is 5.69 Å². The minimum absolute atomic E-state index is 0.142. The van der Waals surface area contributed by atoms with Crippen LogP contribution in [0.3, 0.4) is 0 Å². The quantitative estimate of drug-likeness (QED) is 0.521. The maximum atomic E-state index is 12.9. The predicted octanol–water partition coefficient (Wildman–Crippen LogP) is 4.41. The molecule has 0 saturated carbocycles. The normalized spacial score (nSPS) is 11.0. The number of carbonyl (C=O) groups is 1. The molecule has 0 aliphatic heterocycles. The van der Waals surface area contributed by atoms with Gasteiger partial charge in [-0.15, -0.1) is 11.8 Å². The molecule has 0 spiro atoms. The van der Waals surface area contributed by atoms with E-state index in [1.54, 1.807) is 6.92 Å². The van der Waals surface area contributed by atoms with Gasteiger partial charge in [-0.2, -0.15) is 4.98 Å². The Hall–Kier alpha value is -3.06. The largest absolute Gasteiger partial charge is 0.350 e. The first-order valence-corrected chi connectivity index (χ1v) is 9.47. The Bertz CT molecular complexity index is 1120. The van der Waals surface area contributed by atoms with Gasteiger partial charge in [0.25, 0.3) is 5.91 Å². The van der Waals surface area contributed by atoms with Gasteiger partial charge in [-0.3, -0.25) is 4.79 Å². The highest BCUT2D eigenvalue weighted by molar-refractivity contribution is 7.98. The average Bonchev–Trinajstić information content (AvgIpc) is 3.27. The summed E-state index contributed by atoms with van der Waals surface area (Å²) in [5.74, 6) is 1.52. The van der Waals surface area contributed by atoms with E-state index in [0.717, 1.165) is 21.5 Å². The van der Waals surface area contributed by atoms with Crippen molar-refractivity contribution in [1.29, 1.82) is 0 Å². The van der Waals surface area contributed by atoms with E-state index in [9.17, 15) is 4.79 Å². The van der Waals surface area contributed by atoms with E-state index >= 15 is 0 Å². The van der Waals surface area contributed by atoms with Crippen LogP contribution in [0.1, 0.15) is 22.1 Å². The molecular weight excluding hydrogens is 360 g/mol. The van der Waals surface area contributed by atoms with Crippen molar-refractivity contribution < 1.29 is 9.32 Å². The summed E-state index contributed by atoms with van der Waals surface area (Å²) in [6.07, 6.45) is 1.98. The smallest absolute Gasteiger partial charge is 0.256 e. The van der Waals surface area contributed by atoms with Crippen molar-refractivity contribution in [2.75, 3.05) is 5.32 Å². The topological polar surface area (TPSA) is 73.0 Å². The Labute approximate surface area is 160 Å². The molecule has 0 aliphatic rings. The number of hydrogen-bond acceptors (Lipinski definition) is 5. The van der Waals surface area contributed by atoms with Gasteiger partial charge in [0, 0.05) is 29.0 Å². The number of amides is 1. The molecule has 0 saturated heterocycles. The molecule has 0 unspecified atom stereocenters. The van der Waals surface area contributed by atoms with Gasteiger partial charge >= 0.3 is 0 Å². The van der Waals surface area contributed by atoms with Crippen molar-refractivity contribution in [1.82, 2.24) is 14.7 Å². The minimum atomic E-state index is -0.142. The van der Waals surface area contributed by atoms with Gasteiger partial charge in [-0.25, -0.2) is 0 Å². The molecule has 0 fully saturated rings. The number of benzene rings is 2. The lowest BCUT2D eigenvalue weighted by Crippen LogP contribution is -2.13. The Morgan fingerprint density at radius 3 is 2.85 bits per heavy atom. The van der Waals surface area contributed by atoms with E-state index < -0.39 is 0 Å². The van der Waals surface area contributed by atoms with Gasteiger partial charge in [0.2, 0.25) is 5.89 Å². The number of hydrogen-bond donors (Lipinski definition) is 1. The molecule has 0 bridgehead atoms. The highest BCUT2D eigenvalue weighted by atomic mass is 32.2. The summed E-state index contributed by atoms with van der Waals surface area (Å²) in [4.78, 5) is 18.0. The lowest BCUT2D eigenvalue weighted by molar-refractivity contribution is 0.102. The number of aromatic nitrogens is 3. The number of anilines is 1. The molecule has 0 atom stereocenters. The number of thioether (sulfide) groups is 1. The Morgan fingerprint density at radius 1 is 1.19 bits per heavy atom. The molecule has 7 heteroatoms. The van der Waals surface area contributed by atoms with Crippen LogP contribution in [0.2, 0.25) is 0 Å². The van der Waals surface area contributed by atoms with Crippen LogP contribution in [0.5, 0.6) is 0 Å². The highest BCUT2D eigenvalue weighted by Crippen LogP contribution is 2.28. The molecule has 6 nitrogen and oxygen atoms in total. The van der Waals surface area contributed by atoms with E-state index in [0.29, 0.717) is 23.0 Å². The molecule has 0 radical (unpaired) electrons. The highest BCUT2D eigenvalue weighted by Gasteiger charge is 2.14. The summed E-state index contributed by atoms with van der Waals surface area (Å²) in [5.41, 5.74) is 2.49. The van der Waals surface area contributed by atoms with Crippen LogP contribution in [0.15, 0.2) is 64.1 Å². The lowest BCUT2D eigenvalue weighted by Gasteiger charge is -2.10. The average molecular weight is 378 g/mol. The van der Waals surface area contributed by atoms with Crippen LogP contribution in [-0.2, 0) is 12.8 Å². The maximum Gasteiger partial charge on any atom is 0.256 e. The fraction of sp³-hybridized carbons (Fsp3) is 0.150. The van der Waals surface area contributed by atoms with Crippen LogP contribution in [0.25, 0.3) is 10.9 Å². The predicted molar refractivity (Wildman–Crippen MR) is 106 cm³/mol. The fourth-order valence-corrected chi connectivity index (χ4v) is 3.81. The SMILES string of the molecule is Cc1noc(CSc2ccccc2C(=O)Nc2cccc3c2ccn3C)n1. The third kappa shape index (κ3) is 3.59. The second-order valence-corrected chi connectivity index (χ2v) is 7.16. The van der Waals surface area contributed by atoms with Gasteiger partial charge in [0.1, 0.15) is 0 Å². The molecule has 0 aliphatic carbocycles. The third-order valence-electron chi connectivity index (χ3n) is 4.23. The van der Waals surface area contributed by atoms with E-state index in [1.807, 2.05) is 66.3 Å². The van der Waals surface area contributed by atoms with Crippen molar-refractivity contribution >= 4 is 34.3 Å². The first-order valence-electron chi connectivity index (χ1n) is 8.48.